The summed E-state index contributed by atoms with van der Waals surface area (Å²) < 4.78 is 17.2. The maximum atomic E-state index is 13.4. The van der Waals surface area contributed by atoms with E-state index in [2.05, 4.69) is 24.0 Å². The van der Waals surface area contributed by atoms with Gasteiger partial charge in [-0.05, 0) is 55.2 Å². The first-order valence-corrected chi connectivity index (χ1v) is 12.9. The van der Waals surface area contributed by atoms with E-state index in [-0.39, 0.29) is 16.5 Å². The number of aliphatic hydroxyl groups is 1. The van der Waals surface area contributed by atoms with Crippen LogP contribution in [0.3, 0.4) is 0 Å². The number of carbonyl (C=O) groups excluding carboxylic acids is 2. The van der Waals surface area contributed by atoms with Crippen molar-refractivity contribution in [1.29, 1.82) is 0 Å². The molecule has 2 aliphatic rings. The number of fused-ring (bicyclic) bond motifs is 1. The molecule has 1 fully saturated rings. The Labute approximate surface area is 218 Å². The first-order valence-electron chi connectivity index (χ1n) is 12.1. The minimum Gasteiger partial charge on any atom is -0.507 e. The van der Waals surface area contributed by atoms with Crippen molar-refractivity contribution >= 4 is 33.9 Å². The van der Waals surface area contributed by atoms with Gasteiger partial charge in [-0.15, -0.1) is 10.2 Å². The van der Waals surface area contributed by atoms with E-state index < -0.39 is 17.7 Å². The largest absolute Gasteiger partial charge is 0.507 e. The zero-order chi connectivity index (χ0) is 26.1. The summed E-state index contributed by atoms with van der Waals surface area (Å²) in [6.07, 6.45) is 0.886. The van der Waals surface area contributed by atoms with Crippen molar-refractivity contribution in [2.24, 2.45) is 5.92 Å². The van der Waals surface area contributed by atoms with Crippen molar-refractivity contribution in [1.82, 2.24) is 10.2 Å². The molecule has 1 unspecified atom stereocenters. The summed E-state index contributed by atoms with van der Waals surface area (Å²) in [5.41, 5.74) is 0.895. The average molecular weight is 522 g/mol. The Morgan fingerprint density at radius 3 is 2.65 bits per heavy atom. The second kappa shape index (κ2) is 10.2. The Bertz CT molecular complexity index is 1380. The van der Waals surface area contributed by atoms with E-state index in [1.807, 2.05) is 6.07 Å². The van der Waals surface area contributed by atoms with Crippen LogP contribution in [0.4, 0.5) is 5.13 Å². The van der Waals surface area contributed by atoms with Crippen LogP contribution in [-0.2, 0) is 9.59 Å². The molecule has 1 amide bonds. The van der Waals surface area contributed by atoms with Gasteiger partial charge in [0.15, 0.2) is 11.5 Å². The molecule has 2 aromatic carbocycles. The number of aromatic nitrogens is 2. The normalized spacial score (nSPS) is 18.5. The number of Topliss-reactive ketones (excluding diaryl/α,β-unsaturated/α-hetero) is 1. The van der Waals surface area contributed by atoms with Gasteiger partial charge in [0.05, 0.1) is 18.2 Å². The van der Waals surface area contributed by atoms with Crippen LogP contribution in [0.5, 0.6) is 17.2 Å². The third-order valence-electron chi connectivity index (χ3n) is 6.12. The second-order valence-electron chi connectivity index (χ2n) is 9.23. The number of carbonyl (C=O) groups is 2. The molecule has 9 nitrogen and oxygen atoms in total. The van der Waals surface area contributed by atoms with Crippen LogP contribution in [0.1, 0.15) is 42.4 Å². The predicted molar refractivity (Wildman–Crippen MR) is 138 cm³/mol. The summed E-state index contributed by atoms with van der Waals surface area (Å²) in [4.78, 5) is 28.0. The molecule has 0 radical (unpaired) electrons. The molecule has 0 spiro atoms. The van der Waals surface area contributed by atoms with E-state index in [9.17, 15) is 14.7 Å². The maximum absolute atomic E-state index is 13.4. The lowest BCUT2D eigenvalue weighted by molar-refractivity contribution is -0.132. The Morgan fingerprint density at radius 2 is 1.92 bits per heavy atom. The first-order chi connectivity index (χ1) is 17.8. The first kappa shape index (κ1) is 24.8. The molecule has 1 saturated heterocycles. The van der Waals surface area contributed by atoms with Gasteiger partial charge in [0.2, 0.25) is 5.13 Å². The molecule has 10 heteroatoms. The fourth-order valence-corrected chi connectivity index (χ4v) is 4.98. The van der Waals surface area contributed by atoms with E-state index in [0.717, 1.165) is 6.42 Å². The molecule has 1 atom stereocenters. The molecular formula is C27H27N3O6S. The molecule has 1 N–H and O–H groups in total. The Hall–Kier alpha value is -3.92. The van der Waals surface area contributed by atoms with Crippen LogP contribution < -0.4 is 19.1 Å². The smallest absolute Gasteiger partial charge is 0.301 e. The molecule has 5 rings (SSSR count). The van der Waals surface area contributed by atoms with Gasteiger partial charge in [0.1, 0.15) is 29.7 Å². The van der Waals surface area contributed by atoms with Crippen LogP contribution >= 0.6 is 11.3 Å². The molecule has 1 aromatic heterocycles. The second-order valence-corrected chi connectivity index (χ2v) is 10.4. The number of aliphatic hydroxyl groups excluding tert-OH is 1. The number of amides is 1. The highest BCUT2D eigenvalue weighted by Crippen LogP contribution is 2.44. The Morgan fingerprint density at radius 1 is 1.14 bits per heavy atom. The van der Waals surface area contributed by atoms with E-state index >= 15 is 0 Å². The van der Waals surface area contributed by atoms with Gasteiger partial charge in [0, 0.05) is 5.56 Å². The third kappa shape index (κ3) is 4.89. The summed E-state index contributed by atoms with van der Waals surface area (Å²) in [7, 11) is 0. The van der Waals surface area contributed by atoms with Crippen molar-refractivity contribution < 1.29 is 28.9 Å². The zero-order valence-electron chi connectivity index (χ0n) is 20.8. The van der Waals surface area contributed by atoms with Gasteiger partial charge in [-0.1, -0.05) is 37.3 Å². The number of hydrogen-bond acceptors (Lipinski definition) is 9. The van der Waals surface area contributed by atoms with Crippen LogP contribution in [0, 0.1) is 12.8 Å². The number of ketones is 1. The van der Waals surface area contributed by atoms with Crippen LogP contribution in [0.15, 0.2) is 48.0 Å². The maximum Gasteiger partial charge on any atom is 0.301 e. The highest BCUT2D eigenvalue weighted by molar-refractivity contribution is 7.15. The van der Waals surface area contributed by atoms with Crippen LogP contribution in [-0.4, -0.2) is 46.8 Å². The van der Waals surface area contributed by atoms with E-state index in [1.54, 1.807) is 43.3 Å². The zero-order valence-corrected chi connectivity index (χ0v) is 21.6. The van der Waals surface area contributed by atoms with Crippen molar-refractivity contribution in [3.8, 4) is 17.2 Å². The minimum absolute atomic E-state index is 0.0474. The fraction of sp³-hybridized carbons (Fsp3) is 0.333. The monoisotopic (exact) mass is 521 g/mol. The predicted octanol–water partition coefficient (Wildman–Crippen LogP) is 4.67. The number of nitrogens with zero attached hydrogens (tertiary/aromatic N) is 3. The summed E-state index contributed by atoms with van der Waals surface area (Å²) in [6.45, 7) is 7.35. The number of rotatable bonds is 7. The fourth-order valence-electron chi connectivity index (χ4n) is 4.26. The van der Waals surface area contributed by atoms with Gasteiger partial charge in [0.25, 0.3) is 5.78 Å². The Balaban J connectivity index is 1.61. The summed E-state index contributed by atoms with van der Waals surface area (Å²) >= 11 is 1.20. The lowest BCUT2D eigenvalue weighted by Crippen LogP contribution is -2.29. The molecule has 37 heavy (non-hydrogen) atoms. The lowest BCUT2D eigenvalue weighted by Gasteiger charge is -2.23. The molecule has 192 valence electrons. The van der Waals surface area contributed by atoms with Gasteiger partial charge in [-0.2, -0.15) is 0 Å². The average Bonchev–Trinajstić information content (AvgIpc) is 3.43. The van der Waals surface area contributed by atoms with E-state index in [0.29, 0.717) is 59.1 Å². The molecule has 3 aromatic rings. The number of benzene rings is 2. The highest BCUT2D eigenvalue weighted by atomic mass is 32.1. The lowest BCUT2D eigenvalue weighted by atomic mass is 9.95. The van der Waals surface area contributed by atoms with Gasteiger partial charge in [-0.25, -0.2) is 0 Å². The summed E-state index contributed by atoms with van der Waals surface area (Å²) in [5, 5.41) is 20.5. The van der Waals surface area contributed by atoms with Crippen LogP contribution in [0.25, 0.3) is 5.76 Å². The van der Waals surface area contributed by atoms with Crippen molar-refractivity contribution in [2.75, 3.05) is 24.7 Å². The highest BCUT2D eigenvalue weighted by Gasteiger charge is 2.48. The van der Waals surface area contributed by atoms with Crippen molar-refractivity contribution in [2.45, 2.75) is 33.2 Å². The molecule has 0 saturated carbocycles. The number of aryl methyl sites for hydroxylation is 1. The molecular weight excluding hydrogens is 494 g/mol. The molecule has 2 aliphatic heterocycles. The van der Waals surface area contributed by atoms with Gasteiger partial charge in [-0.3, -0.25) is 14.5 Å². The van der Waals surface area contributed by atoms with Crippen LogP contribution in [0.2, 0.25) is 0 Å². The Kier molecular flexibility index (Phi) is 6.84. The number of hydrogen-bond donors (Lipinski definition) is 1. The van der Waals surface area contributed by atoms with Gasteiger partial charge >= 0.3 is 5.91 Å². The van der Waals surface area contributed by atoms with Gasteiger partial charge < -0.3 is 19.3 Å². The van der Waals surface area contributed by atoms with Crippen molar-refractivity contribution in [3.63, 3.8) is 0 Å². The summed E-state index contributed by atoms with van der Waals surface area (Å²) in [5.74, 6) is 0.202. The topological polar surface area (TPSA) is 111 Å². The van der Waals surface area contributed by atoms with Crippen molar-refractivity contribution in [3.05, 3.63) is 64.2 Å². The standard InChI is InChI=1S/C27H27N3O6S/c1-15(2)9-10-34-19-6-4-5-17(13-19)23-22(25(32)26(33)30(23)27-29-28-16(3)37-27)24(31)18-7-8-20-21(14-18)36-12-11-35-20/h4-8,13-15,23,31H,9-12H2,1-3H3/b24-22+. The molecule has 0 aliphatic carbocycles. The van der Waals surface area contributed by atoms with E-state index in [1.165, 1.54) is 16.2 Å². The quantitative estimate of drug-likeness (QED) is 0.271. The minimum atomic E-state index is -0.922. The molecule has 0 bridgehead atoms. The summed E-state index contributed by atoms with van der Waals surface area (Å²) in [6, 6.07) is 11.2. The third-order valence-corrected chi connectivity index (χ3v) is 6.96. The number of anilines is 1. The number of ether oxygens (including phenoxy) is 3. The van der Waals surface area contributed by atoms with E-state index in [4.69, 9.17) is 14.2 Å². The molecule has 3 heterocycles. The SMILES string of the molecule is Cc1nnc(N2C(=O)C(=O)/C(=C(/O)c3ccc4c(c3)OCCO4)C2c2cccc(OCCC(C)C)c2)s1.